The van der Waals surface area contributed by atoms with E-state index >= 15 is 0 Å². The van der Waals surface area contributed by atoms with Gasteiger partial charge in [0.25, 0.3) is 0 Å². The number of ether oxygens (including phenoxy) is 1. The van der Waals surface area contributed by atoms with Crippen molar-refractivity contribution in [1.29, 1.82) is 0 Å². The molecule has 0 unspecified atom stereocenters. The Kier molecular flexibility index (Phi) is 3.63. The zero-order chi connectivity index (χ0) is 10.3. The van der Waals surface area contributed by atoms with Crippen molar-refractivity contribution in [3.63, 3.8) is 0 Å². The van der Waals surface area contributed by atoms with Crippen LogP contribution in [-0.2, 0) is 12.8 Å². The quantitative estimate of drug-likeness (QED) is 0.882. The van der Waals surface area contributed by atoms with Crippen LogP contribution in [0.5, 0.6) is 5.75 Å². The van der Waals surface area contributed by atoms with Crippen molar-refractivity contribution in [1.82, 2.24) is 5.32 Å². The predicted octanol–water partition coefficient (Wildman–Crippen LogP) is 2.60. The van der Waals surface area contributed by atoms with Crippen LogP contribution in [0.25, 0.3) is 0 Å². The van der Waals surface area contributed by atoms with Gasteiger partial charge in [-0.1, -0.05) is 17.7 Å². The number of halogens is 2. The summed E-state index contributed by atoms with van der Waals surface area (Å²) in [6.07, 6.45) is 3.83. The lowest BCUT2D eigenvalue weighted by molar-refractivity contribution is 0.141. The second kappa shape index (κ2) is 4.82. The molecule has 1 N–H and O–H groups in total. The van der Waals surface area contributed by atoms with Gasteiger partial charge in [-0.05, 0) is 36.5 Å². The Bertz CT molecular complexity index is 391. The molecule has 0 aromatic heterocycles. The van der Waals surface area contributed by atoms with E-state index in [1.807, 2.05) is 6.07 Å². The maximum Gasteiger partial charge on any atom is 0.141 e. The fraction of sp³-hybridized carbons (Fsp3) is 0.500. The van der Waals surface area contributed by atoms with Gasteiger partial charge in [-0.2, -0.15) is 0 Å². The maximum atomic E-state index is 6.19. The topological polar surface area (TPSA) is 21.3 Å². The molecular formula is C12H15Cl2NO. The largest absolute Gasteiger partial charge is 0.486 e. The SMILES string of the molecule is Cl.Clc1ccc2c(c1OC1CNC1)CCC2. The average molecular weight is 260 g/mol. The van der Waals surface area contributed by atoms with Crippen LogP contribution in [0.4, 0.5) is 0 Å². The first kappa shape index (κ1) is 12.0. The molecule has 1 saturated heterocycles. The van der Waals surface area contributed by atoms with E-state index in [1.165, 1.54) is 24.0 Å². The van der Waals surface area contributed by atoms with Crippen molar-refractivity contribution in [2.24, 2.45) is 0 Å². The summed E-state index contributed by atoms with van der Waals surface area (Å²) in [5.41, 5.74) is 2.76. The zero-order valence-corrected chi connectivity index (χ0v) is 10.5. The maximum absolute atomic E-state index is 6.19. The Morgan fingerprint density at radius 2 is 2.06 bits per heavy atom. The standard InChI is InChI=1S/C12H14ClNO.ClH/c13-11-5-4-8-2-1-3-10(8)12(11)15-9-6-14-7-9;/h4-5,9,14H,1-3,6-7H2;1H. The predicted molar refractivity (Wildman–Crippen MR) is 68.0 cm³/mol. The van der Waals surface area contributed by atoms with Crippen LogP contribution < -0.4 is 10.1 Å². The lowest BCUT2D eigenvalue weighted by atomic mass is 10.1. The summed E-state index contributed by atoms with van der Waals surface area (Å²) >= 11 is 6.19. The Hall–Kier alpha value is -0.440. The zero-order valence-electron chi connectivity index (χ0n) is 8.96. The summed E-state index contributed by atoms with van der Waals surface area (Å²) in [7, 11) is 0. The van der Waals surface area contributed by atoms with Gasteiger partial charge in [-0.25, -0.2) is 0 Å². The van der Waals surface area contributed by atoms with E-state index in [2.05, 4.69) is 11.4 Å². The van der Waals surface area contributed by atoms with E-state index < -0.39 is 0 Å². The van der Waals surface area contributed by atoms with E-state index in [0.717, 1.165) is 30.3 Å². The van der Waals surface area contributed by atoms with Crippen molar-refractivity contribution in [3.05, 3.63) is 28.3 Å². The molecule has 1 aromatic rings. The van der Waals surface area contributed by atoms with E-state index in [4.69, 9.17) is 16.3 Å². The highest BCUT2D eigenvalue weighted by molar-refractivity contribution is 6.32. The van der Waals surface area contributed by atoms with Crippen LogP contribution >= 0.6 is 24.0 Å². The highest BCUT2D eigenvalue weighted by atomic mass is 35.5. The van der Waals surface area contributed by atoms with Gasteiger partial charge < -0.3 is 10.1 Å². The summed E-state index contributed by atoms with van der Waals surface area (Å²) in [5.74, 6) is 0.943. The number of fused-ring (bicyclic) bond motifs is 1. The molecule has 1 fully saturated rings. The van der Waals surface area contributed by atoms with Crippen LogP contribution in [-0.4, -0.2) is 19.2 Å². The number of rotatable bonds is 2. The smallest absolute Gasteiger partial charge is 0.141 e. The summed E-state index contributed by atoms with van der Waals surface area (Å²) in [6.45, 7) is 1.89. The van der Waals surface area contributed by atoms with Gasteiger partial charge in [0.05, 0.1) is 5.02 Å². The van der Waals surface area contributed by atoms with Crippen molar-refractivity contribution in [2.45, 2.75) is 25.4 Å². The molecule has 0 amide bonds. The fourth-order valence-electron chi connectivity index (χ4n) is 2.24. The number of hydrogen-bond acceptors (Lipinski definition) is 2. The second-order valence-electron chi connectivity index (χ2n) is 4.27. The number of aryl methyl sites for hydroxylation is 1. The summed E-state index contributed by atoms with van der Waals surface area (Å²) in [6, 6.07) is 4.10. The van der Waals surface area contributed by atoms with Gasteiger partial charge in [0, 0.05) is 13.1 Å². The third-order valence-corrected chi connectivity index (χ3v) is 3.51. The van der Waals surface area contributed by atoms with E-state index in [1.54, 1.807) is 0 Å². The Balaban J connectivity index is 0.000000963. The van der Waals surface area contributed by atoms with Gasteiger partial charge in [0.15, 0.2) is 0 Å². The molecule has 2 aliphatic rings. The molecule has 88 valence electrons. The Labute approximate surface area is 107 Å². The first-order valence-corrected chi connectivity index (χ1v) is 5.90. The molecule has 3 rings (SSSR count). The third kappa shape index (κ3) is 2.02. The molecule has 0 spiro atoms. The fourth-order valence-corrected chi connectivity index (χ4v) is 2.47. The number of benzene rings is 1. The molecule has 1 aliphatic carbocycles. The number of hydrogen-bond donors (Lipinski definition) is 1. The lowest BCUT2D eigenvalue weighted by Crippen LogP contribution is -2.50. The summed E-state index contributed by atoms with van der Waals surface area (Å²) < 4.78 is 5.93. The van der Waals surface area contributed by atoms with E-state index in [9.17, 15) is 0 Å². The minimum atomic E-state index is 0. The van der Waals surface area contributed by atoms with Crippen LogP contribution in [0.2, 0.25) is 5.02 Å². The molecule has 1 heterocycles. The van der Waals surface area contributed by atoms with Crippen molar-refractivity contribution in [2.75, 3.05) is 13.1 Å². The van der Waals surface area contributed by atoms with Gasteiger partial charge in [-0.3, -0.25) is 0 Å². The molecular weight excluding hydrogens is 245 g/mol. The molecule has 0 atom stereocenters. The van der Waals surface area contributed by atoms with Crippen molar-refractivity contribution >= 4 is 24.0 Å². The number of nitrogens with one attached hydrogen (secondary N) is 1. The van der Waals surface area contributed by atoms with Crippen molar-refractivity contribution < 1.29 is 4.74 Å². The van der Waals surface area contributed by atoms with Crippen LogP contribution in [0.15, 0.2) is 12.1 Å². The second-order valence-corrected chi connectivity index (χ2v) is 4.67. The molecule has 16 heavy (non-hydrogen) atoms. The summed E-state index contributed by atoms with van der Waals surface area (Å²) in [4.78, 5) is 0. The molecule has 1 aromatic carbocycles. The molecule has 4 heteroatoms. The minimum absolute atomic E-state index is 0. The Morgan fingerprint density at radius 1 is 1.25 bits per heavy atom. The minimum Gasteiger partial charge on any atom is -0.486 e. The van der Waals surface area contributed by atoms with Gasteiger partial charge in [0.1, 0.15) is 11.9 Å². The highest BCUT2D eigenvalue weighted by Crippen LogP contribution is 2.37. The summed E-state index contributed by atoms with van der Waals surface area (Å²) in [5, 5.41) is 3.97. The molecule has 0 bridgehead atoms. The van der Waals surface area contributed by atoms with Crippen LogP contribution in [0, 0.1) is 0 Å². The molecule has 0 saturated carbocycles. The first-order valence-electron chi connectivity index (χ1n) is 5.52. The molecule has 2 nitrogen and oxygen atoms in total. The van der Waals surface area contributed by atoms with Crippen LogP contribution in [0.3, 0.4) is 0 Å². The lowest BCUT2D eigenvalue weighted by Gasteiger charge is -2.29. The molecule has 0 radical (unpaired) electrons. The van der Waals surface area contributed by atoms with E-state index in [-0.39, 0.29) is 12.4 Å². The van der Waals surface area contributed by atoms with E-state index in [0.29, 0.717) is 6.10 Å². The van der Waals surface area contributed by atoms with Crippen molar-refractivity contribution in [3.8, 4) is 5.75 Å². The third-order valence-electron chi connectivity index (χ3n) is 3.21. The highest BCUT2D eigenvalue weighted by Gasteiger charge is 2.24. The first-order chi connectivity index (χ1) is 7.34. The van der Waals surface area contributed by atoms with Gasteiger partial charge in [0.2, 0.25) is 0 Å². The normalized spacial score (nSPS) is 18.6. The van der Waals surface area contributed by atoms with Gasteiger partial charge >= 0.3 is 0 Å². The van der Waals surface area contributed by atoms with Gasteiger partial charge in [-0.15, -0.1) is 12.4 Å². The average Bonchev–Trinajstić information content (AvgIpc) is 2.61. The Morgan fingerprint density at radius 3 is 2.75 bits per heavy atom. The van der Waals surface area contributed by atoms with Crippen LogP contribution in [0.1, 0.15) is 17.5 Å². The monoisotopic (exact) mass is 259 g/mol. The molecule has 1 aliphatic heterocycles.